The zero-order valence-electron chi connectivity index (χ0n) is 12.6. The Balaban J connectivity index is 1.97. The SMILES string of the molecule is CN(Cc1ccccc1C#CCCO)C(=O)CC1CCC1. The molecule has 1 aromatic rings. The van der Waals surface area contributed by atoms with Crippen LogP contribution in [-0.4, -0.2) is 29.6 Å². The van der Waals surface area contributed by atoms with Crippen LogP contribution in [0.2, 0.25) is 0 Å². The van der Waals surface area contributed by atoms with Gasteiger partial charge in [-0.15, -0.1) is 0 Å². The number of carbonyl (C=O) groups excluding carboxylic acids is 1. The second-order valence-electron chi connectivity index (χ2n) is 5.68. The van der Waals surface area contributed by atoms with Crippen molar-refractivity contribution >= 4 is 5.91 Å². The number of carbonyl (C=O) groups is 1. The van der Waals surface area contributed by atoms with Gasteiger partial charge in [-0.05, 0) is 30.4 Å². The summed E-state index contributed by atoms with van der Waals surface area (Å²) in [4.78, 5) is 14.0. The van der Waals surface area contributed by atoms with Crippen LogP contribution in [0, 0.1) is 17.8 Å². The topological polar surface area (TPSA) is 40.5 Å². The first-order valence-corrected chi connectivity index (χ1v) is 7.62. The van der Waals surface area contributed by atoms with Gasteiger partial charge in [0, 0.05) is 32.0 Å². The van der Waals surface area contributed by atoms with Crippen molar-refractivity contribution in [1.82, 2.24) is 4.90 Å². The molecule has 0 aliphatic heterocycles. The number of benzene rings is 1. The van der Waals surface area contributed by atoms with E-state index in [1.807, 2.05) is 31.3 Å². The standard InChI is InChI=1S/C18H23NO2/c1-19(18(21)13-15-7-6-8-15)14-17-11-3-2-9-16(17)10-4-5-12-20/h2-3,9,11,15,20H,5-8,12-14H2,1H3. The molecular formula is C18H23NO2. The largest absolute Gasteiger partial charge is 0.395 e. The molecule has 0 bridgehead atoms. The highest BCUT2D eigenvalue weighted by Crippen LogP contribution is 2.29. The van der Waals surface area contributed by atoms with Crippen molar-refractivity contribution in [2.75, 3.05) is 13.7 Å². The molecule has 3 nitrogen and oxygen atoms in total. The van der Waals surface area contributed by atoms with Gasteiger partial charge in [-0.2, -0.15) is 0 Å². The minimum atomic E-state index is 0.0783. The van der Waals surface area contributed by atoms with E-state index in [0.717, 1.165) is 11.1 Å². The molecule has 1 aliphatic carbocycles. The third-order valence-electron chi connectivity index (χ3n) is 4.00. The van der Waals surface area contributed by atoms with Crippen molar-refractivity contribution in [2.24, 2.45) is 5.92 Å². The number of rotatable bonds is 5. The molecule has 1 amide bonds. The molecule has 1 aliphatic rings. The zero-order valence-corrected chi connectivity index (χ0v) is 12.6. The van der Waals surface area contributed by atoms with Crippen LogP contribution < -0.4 is 0 Å². The van der Waals surface area contributed by atoms with E-state index in [9.17, 15) is 4.79 Å². The summed E-state index contributed by atoms with van der Waals surface area (Å²) in [5, 5.41) is 8.79. The van der Waals surface area contributed by atoms with Gasteiger partial charge >= 0.3 is 0 Å². The van der Waals surface area contributed by atoms with E-state index in [1.165, 1.54) is 19.3 Å². The van der Waals surface area contributed by atoms with Crippen LogP contribution in [0.3, 0.4) is 0 Å². The highest BCUT2D eigenvalue weighted by atomic mass is 16.2. The van der Waals surface area contributed by atoms with Gasteiger partial charge in [-0.1, -0.05) is 36.5 Å². The lowest BCUT2D eigenvalue weighted by Crippen LogP contribution is -2.29. The maximum Gasteiger partial charge on any atom is 0.222 e. The van der Waals surface area contributed by atoms with E-state index in [-0.39, 0.29) is 12.5 Å². The highest BCUT2D eigenvalue weighted by molar-refractivity contribution is 5.76. The zero-order chi connectivity index (χ0) is 15.1. The summed E-state index contributed by atoms with van der Waals surface area (Å²) in [6, 6.07) is 7.89. The molecule has 1 aromatic carbocycles. The lowest BCUT2D eigenvalue weighted by atomic mass is 9.82. The number of aliphatic hydroxyl groups excluding tert-OH is 1. The van der Waals surface area contributed by atoms with Crippen molar-refractivity contribution < 1.29 is 9.90 Å². The average molecular weight is 285 g/mol. The van der Waals surface area contributed by atoms with Crippen molar-refractivity contribution in [2.45, 2.75) is 38.6 Å². The maximum atomic E-state index is 12.2. The Hall–Kier alpha value is -1.79. The van der Waals surface area contributed by atoms with Crippen LogP contribution in [0.5, 0.6) is 0 Å². The molecule has 0 aromatic heterocycles. The number of hydrogen-bond donors (Lipinski definition) is 1. The second kappa shape index (κ2) is 7.85. The van der Waals surface area contributed by atoms with Gasteiger partial charge in [-0.25, -0.2) is 0 Å². The molecule has 1 saturated carbocycles. The summed E-state index contributed by atoms with van der Waals surface area (Å²) in [5.41, 5.74) is 2.00. The van der Waals surface area contributed by atoms with Crippen LogP contribution in [0.4, 0.5) is 0 Å². The molecule has 1 fully saturated rings. The van der Waals surface area contributed by atoms with E-state index in [1.54, 1.807) is 4.90 Å². The Morgan fingerprint density at radius 3 is 2.81 bits per heavy atom. The monoisotopic (exact) mass is 285 g/mol. The molecule has 2 rings (SSSR count). The fourth-order valence-corrected chi connectivity index (χ4v) is 2.44. The first kappa shape index (κ1) is 15.6. The Morgan fingerprint density at radius 2 is 2.14 bits per heavy atom. The Kier molecular flexibility index (Phi) is 5.83. The first-order chi connectivity index (χ1) is 10.2. The smallest absolute Gasteiger partial charge is 0.222 e. The summed E-state index contributed by atoms with van der Waals surface area (Å²) in [5.74, 6) is 6.83. The van der Waals surface area contributed by atoms with Gasteiger partial charge in [0.2, 0.25) is 5.91 Å². The third kappa shape index (κ3) is 4.61. The molecule has 1 N–H and O–H groups in total. The van der Waals surface area contributed by atoms with Crippen molar-refractivity contribution in [1.29, 1.82) is 0 Å². The third-order valence-corrected chi connectivity index (χ3v) is 4.00. The minimum absolute atomic E-state index is 0.0783. The summed E-state index contributed by atoms with van der Waals surface area (Å²) >= 11 is 0. The fraction of sp³-hybridized carbons (Fsp3) is 0.500. The maximum absolute atomic E-state index is 12.2. The number of amides is 1. The molecular weight excluding hydrogens is 262 g/mol. The molecule has 0 heterocycles. The molecule has 0 spiro atoms. The van der Waals surface area contributed by atoms with Gasteiger partial charge in [-0.3, -0.25) is 4.79 Å². The summed E-state index contributed by atoms with van der Waals surface area (Å²) < 4.78 is 0. The van der Waals surface area contributed by atoms with Crippen molar-refractivity contribution in [3.8, 4) is 11.8 Å². The molecule has 0 unspecified atom stereocenters. The van der Waals surface area contributed by atoms with Crippen LogP contribution in [0.1, 0.15) is 43.2 Å². The predicted octanol–water partition coefficient (Wildman–Crippen LogP) is 2.57. The van der Waals surface area contributed by atoms with E-state index >= 15 is 0 Å². The molecule has 0 saturated heterocycles. The lowest BCUT2D eigenvalue weighted by Gasteiger charge is -2.27. The predicted molar refractivity (Wildman–Crippen MR) is 83.5 cm³/mol. The normalized spacial score (nSPS) is 14.0. The quantitative estimate of drug-likeness (QED) is 0.845. The van der Waals surface area contributed by atoms with Crippen LogP contribution in [-0.2, 0) is 11.3 Å². The minimum Gasteiger partial charge on any atom is -0.395 e. The Bertz CT molecular complexity index is 538. The van der Waals surface area contributed by atoms with E-state index < -0.39 is 0 Å². The van der Waals surface area contributed by atoms with Crippen LogP contribution in [0.15, 0.2) is 24.3 Å². The van der Waals surface area contributed by atoms with Gasteiger partial charge in [0.05, 0.1) is 6.61 Å². The Labute approximate surface area is 127 Å². The van der Waals surface area contributed by atoms with Crippen molar-refractivity contribution in [3.05, 3.63) is 35.4 Å². The average Bonchev–Trinajstić information content (AvgIpc) is 2.44. The fourth-order valence-electron chi connectivity index (χ4n) is 2.44. The summed E-state index contributed by atoms with van der Waals surface area (Å²) in [6.07, 6.45) is 4.82. The van der Waals surface area contributed by atoms with E-state index in [4.69, 9.17) is 5.11 Å². The Morgan fingerprint density at radius 1 is 1.38 bits per heavy atom. The van der Waals surface area contributed by atoms with Gasteiger partial charge < -0.3 is 10.0 Å². The van der Waals surface area contributed by atoms with E-state index in [2.05, 4.69) is 11.8 Å². The molecule has 0 atom stereocenters. The van der Waals surface area contributed by atoms with E-state index in [0.29, 0.717) is 25.3 Å². The second-order valence-corrected chi connectivity index (χ2v) is 5.68. The molecule has 0 radical (unpaired) electrons. The van der Waals surface area contributed by atoms with Crippen LogP contribution in [0.25, 0.3) is 0 Å². The molecule has 21 heavy (non-hydrogen) atoms. The lowest BCUT2D eigenvalue weighted by molar-refractivity contribution is -0.132. The van der Waals surface area contributed by atoms with Crippen molar-refractivity contribution in [3.63, 3.8) is 0 Å². The number of aliphatic hydroxyl groups is 1. The highest BCUT2D eigenvalue weighted by Gasteiger charge is 2.22. The molecule has 112 valence electrons. The number of nitrogens with zero attached hydrogens (tertiary/aromatic N) is 1. The van der Waals surface area contributed by atoms with Gasteiger partial charge in [0.25, 0.3) is 0 Å². The van der Waals surface area contributed by atoms with Gasteiger partial charge in [0.15, 0.2) is 0 Å². The summed E-state index contributed by atoms with van der Waals surface area (Å²) in [6.45, 7) is 0.671. The van der Waals surface area contributed by atoms with Gasteiger partial charge in [0.1, 0.15) is 0 Å². The first-order valence-electron chi connectivity index (χ1n) is 7.62. The summed E-state index contributed by atoms with van der Waals surface area (Å²) in [7, 11) is 1.86. The molecule has 3 heteroatoms. The number of hydrogen-bond acceptors (Lipinski definition) is 2. The van der Waals surface area contributed by atoms with Crippen LogP contribution >= 0.6 is 0 Å².